The Kier molecular flexibility index (Phi) is 3.71. The van der Waals surface area contributed by atoms with Gasteiger partial charge in [0.15, 0.2) is 0 Å². The molecule has 2 rings (SSSR count). The lowest BCUT2D eigenvalue weighted by molar-refractivity contribution is 0.0696. The Balaban J connectivity index is 2.30. The minimum absolute atomic E-state index is 0.0532. The quantitative estimate of drug-likeness (QED) is 0.899. The summed E-state index contributed by atoms with van der Waals surface area (Å²) < 4.78 is 1.70. The maximum atomic E-state index is 10.8. The Morgan fingerprint density at radius 3 is 2.89 bits per heavy atom. The van der Waals surface area contributed by atoms with Crippen molar-refractivity contribution >= 4 is 29.1 Å². The third kappa shape index (κ3) is 2.85. The normalized spacial score (nSPS) is 10.5. The molecule has 0 spiro atoms. The van der Waals surface area contributed by atoms with Crippen molar-refractivity contribution in [1.82, 2.24) is 14.8 Å². The van der Waals surface area contributed by atoms with E-state index in [2.05, 4.69) is 15.4 Å². The second-order valence-corrected chi connectivity index (χ2v) is 4.41. The van der Waals surface area contributed by atoms with Crippen LogP contribution < -0.4 is 5.32 Å². The molecule has 2 N–H and O–H groups in total. The molecule has 0 saturated carbocycles. The van der Waals surface area contributed by atoms with E-state index in [9.17, 15) is 4.79 Å². The fourth-order valence-electron chi connectivity index (χ4n) is 1.67. The fourth-order valence-corrected chi connectivity index (χ4v) is 1.89. The minimum Gasteiger partial charge on any atom is -0.478 e. The van der Waals surface area contributed by atoms with Gasteiger partial charge in [-0.1, -0.05) is 18.5 Å². The lowest BCUT2D eigenvalue weighted by Crippen LogP contribution is -2.01. The fraction of sp³-hybridized carbons (Fsp3) is 0.250. The zero-order valence-corrected chi connectivity index (χ0v) is 11.3. The summed E-state index contributed by atoms with van der Waals surface area (Å²) in [5.41, 5.74) is 1.75. The number of aromatic nitrogens is 3. The van der Waals surface area contributed by atoms with Crippen LogP contribution >= 0.6 is 11.6 Å². The van der Waals surface area contributed by atoms with Gasteiger partial charge in [0, 0.05) is 19.4 Å². The lowest BCUT2D eigenvalue weighted by Gasteiger charge is -2.07. The first-order valence-electron chi connectivity index (χ1n) is 5.69. The van der Waals surface area contributed by atoms with Crippen LogP contribution in [0.2, 0.25) is 5.02 Å². The zero-order valence-electron chi connectivity index (χ0n) is 10.5. The van der Waals surface area contributed by atoms with Gasteiger partial charge in [-0.15, -0.1) is 0 Å². The first-order valence-corrected chi connectivity index (χ1v) is 6.07. The highest BCUT2D eigenvalue weighted by atomic mass is 35.5. The predicted octanol–water partition coefficient (Wildman–Crippen LogP) is 2.47. The van der Waals surface area contributed by atoms with Gasteiger partial charge >= 0.3 is 5.97 Å². The number of halogens is 1. The average molecular weight is 281 g/mol. The SMILES string of the molecule is CCc1nn(C)cc1Nc1ncc(C(=O)O)cc1Cl. The topological polar surface area (TPSA) is 80.0 Å². The Morgan fingerprint density at radius 1 is 1.58 bits per heavy atom. The van der Waals surface area contributed by atoms with Crippen LogP contribution in [0.4, 0.5) is 11.5 Å². The molecule has 7 heteroatoms. The Bertz CT molecular complexity index is 624. The second-order valence-electron chi connectivity index (χ2n) is 4.00. The number of aryl methyl sites for hydroxylation is 2. The van der Waals surface area contributed by atoms with Gasteiger partial charge in [0.05, 0.1) is 22.0 Å². The largest absolute Gasteiger partial charge is 0.478 e. The van der Waals surface area contributed by atoms with Gasteiger partial charge in [-0.3, -0.25) is 4.68 Å². The number of carboxylic acids is 1. The number of nitrogens with zero attached hydrogens (tertiary/aromatic N) is 3. The number of carboxylic acid groups (broad SMARTS) is 1. The molecule has 2 aromatic rings. The van der Waals surface area contributed by atoms with Gasteiger partial charge in [-0.2, -0.15) is 5.10 Å². The van der Waals surface area contributed by atoms with Gasteiger partial charge in [-0.25, -0.2) is 9.78 Å². The third-order valence-corrected chi connectivity index (χ3v) is 2.87. The highest BCUT2D eigenvalue weighted by molar-refractivity contribution is 6.33. The summed E-state index contributed by atoms with van der Waals surface area (Å²) in [5.74, 6) is -0.647. The molecule has 0 atom stereocenters. The summed E-state index contributed by atoms with van der Waals surface area (Å²) in [4.78, 5) is 14.8. The summed E-state index contributed by atoms with van der Waals surface area (Å²) >= 11 is 6.01. The maximum Gasteiger partial charge on any atom is 0.337 e. The number of nitrogens with one attached hydrogen (secondary N) is 1. The number of pyridine rings is 1. The van der Waals surface area contributed by atoms with Crippen LogP contribution in [-0.2, 0) is 13.5 Å². The van der Waals surface area contributed by atoms with Crippen molar-refractivity contribution in [2.45, 2.75) is 13.3 Å². The molecule has 19 heavy (non-hydrogen) atoms. The molecule has 2 aromatic heterocycles. The van der Waals surface area contributed by atoms with E-state index >= 15 is 0 Å². The lowest BCUT2D eigenvalue weighted by atomic mass is 10.2. The average Bonchev–Trinajstić information content (AvgIpc) is 2.71. The van der Waals surface area contributed by atoms with Crippen molar-refractivity contribution in [3.63, 3.8) is 0 Å². The van der Waals surface area contributed by atoms with Gasteiger partial charge in [0.2, 0.25) is 0 Å². The first kappa shape index (κ1) is 13.4. The smallest absolute Gasteiger partial charge is 0.337 e. The number of hydrogen-bond acceptors (Lipinski definition) is 4. The molecule has 0 aliphatic rings. The molecular weight excluding hydrogens is 268 g/mol. The molecule has 0 radical (unpaired) electrons. The monoisotopic (exact) mass is 280 g/mol. The summed E-state index contributed by atoms with van der Waals surface area (Å²) in [6.07, 6.45) is 3.86. The summed E-state index contributed by atoms with van der Waals surface area (Å²) in [6.45, 7) is 2.00. The first-order chi connectivity index (χ1) is 9.01. The molecule has 0 fully saturated rings. The molecule has 0 aromatic carbocycles. The molecule has 100 valence electrons. The van der Waals surface area contributed by atoms with Crippen LogP contribution in [0.5, 0.6) is 0 Å². The van der Waals surface area contributed by atoms with Gasteiger partial charge in [0.1, 0.15) is 5.82 Å². The predicted molar refractivity (Wildman–Crippen MR) is 72.1 cm³/mol. The van der Waals surface area contributed by atoms with Gasteiger partial charge in [-0.05, 0) is 12.5 Å². The van der Waals surface area contributed by atoms with Crippen molar-refractivity contribution in [2.75, 3.05) is 5.32 Å². The minimum atomic E-state index is -1.06. The maximum absolute atomic E-state index is 10.8. The van der Waals surface area contributed by atoms with Crippen LogP contribution in [0, 0.1) is 0 Å². The van der Waals surface area contributed by atoms with E-state index in [0.29, 0.717) is 5.82 Å². The highest BCUT2D eigenvalue weighted by Gasteiger charge is 2.11. The van der Waals surface area contributed by atoms with E-state index in [1.807, 2.05) is 20.2 Å². The summed E-state index contributed by atoms with van der Waals surface area (Å²) in [6, 6.07) is 1.36. The Morgan fingerprint density at radius 2 is 2.32 bits per heavy atom. The van der Waals surface area contributed by atoms with Gasteiger partial charge < -0.3 is 10.4 Å². The number of aromatic carboxylic acids is 1. The van der Waals surface area contributed by atoms with Gasteiger partial charge in [0.25, 0.3) is 0 Å². The zero-order chi connectivity index (χ0) is 14.0. The van der Waals surface area contributed by atoms with Crippen molar-refractivity contribution in [2.24, 2.45) is 7.05 Å². The van der Waals surface area contributed by atoms with E-state index in [-0.39, 0.29) is 10.6 Å². The molecule has 0 amide bonds. The summed E-state index contributed by atoms with van der Waals surface area (Å²) in [7, 11) is 1.83. The standard InChI is InChI=1S/C12H13ClN4O2/c1-3-9-10(6-17(2)16-9)15-11-8(13)4-7(5-14-11)12(18)19/h4-6H,3H2,1-2H3,(H,14,15)(H,18,19). The van der Waals surface area contributed by atoms with E-state index in [1.54, 1.807) is 4.68 Å². The summed E-state index contributed by atoms with van der Waals surface area (Å²) in [5, 5.41) is 16.4. The van der Waals surface area contributed by atoms with Crippen LogP contribution in [-0.4, -0.2) is 25.8 Å². The molecule has 0 aliphatic heterocycles. The number of carbonyl (C=O) groups is 1. The Labute approximate surface area is 115 Å². The van der Waals surface area contributed by atoms with Crippen LogP contribution in [0.15, 0.2) is 18.5 Å². The third-order valence-electron chi connectivity index (χ3n) is 2.58. The van der Waals surface area contributed by atoms with Crippen molar-refractivity contribution < 1.29 is 9.90 Å². The van der Waals surface area contributed by atoms with Crippen molar-refractivity contribution in [3.05, 3.63) is 34.7 Å². The van der Waals surface area contributed by atoms with E-state index in [0.717, 1.165) is 17.8 Å². The number of rotatable bonds is 4. The molecule has 0 saturated heterocycles. The molecule has 6 nitrogen and oxygen atoms in total. The molecule has 2 heterocycles. The molecular formula is C12H13ClN4O2. The van der Waals surface area contributed by atoms with Crippen molar-refractivity contribution in [3.8, 4) is 0 Å². The van der Waals surface area contributed by atoms with E-state index in [1.165, 1.54) is 12.3 Å². The van der Waals surface area contributed by atoms with E-state index < -0.39 is 5.97 Å². The van der Waals surface area contributed by atoms with Crippen LogP contribution in [0.1, 0.15) is 23.0 Å². The Hall–Kier alpha value is -2.08. The second kappa shape index (κ2) is 5.27. The molecule has 0 aliphatic carbocycles. The van der Waals surface area contributed by atoms with Crippen LogP contribution in [0.25, 0.3) is 0 Å². The highest BCUT2D eigenvalue weighted by Crippen LogP contribution is 2.25. The van der Waals surface area contributed by atoms with Crippen LogP contribution in [0.3, 0.4) is 0 Å². The molecule has 0 bridgehead atoms. The van der Waals surface area contributed by atoms with Crippen molar-refractivity contribution in [1.29, 1.82) is 0 Å². The molecule has 0 unspecified atom stereocenters. The number of anilines is 2. The van der Waals surface area contributed by atoms with E-state index in [4.69, 9.17) is 16.7 Å². The number of hydrogen-bond donors (Lipinski definition) is 2.